The maximum absolute atomic E-state index is 11.9. The van der Waals surface area contributed by atoms with Gasteiger partial charge in [0.2, 0.25) is 5.91 Å². The summed E-state index contributed by atoms with van der Waals surface area (Å²) in [4.78, 5) is 15.9. The van der Waals surface area contributed by atoms with Crippen LogP contribution in [0.15, 0.2) is 18.3 Å². The number of pyridine rings is 1. The number of aliphatic hydroxyl groups excluding tert-OH is 1. The second-order valence-electron chi connectivity index (χ2n) is 4.78. The van der Waals surface area contributed by atoms with Crippen molar-refractivity contribution in [2.24, 2.45) is 5.92 Å². The van der Waals surface area contributed by atoms with Gasteiger partial charge in [-0.25, -0.2) is 4.98 Å². The molecule has 1 fully saturated rings. The molecule has 1 aliphatic carbocycles. The molecule has 1 aliphatic rings. The number of amides is 1. The highest BCUT2D eigenvalue weighted by Gasteiger charge is 2.25. The van der Waals surface area contributed by atoms with Gasteiger partial charge < -0.3 is 16.2 Å². The Morgan fingerprint density at radius 1 is 1.56 bits per heavy atom. The summed E-state index contributed by atoms with van der Waals surface area (Å²) in [6.45, 7) is 0.394. The Bertz CT molecular complexity index is 422. The van der Waals surface area contributed by atoms with Crippen LogP contribution in [0.25, 0.3) is 0 Å². The summed E-state index contributed by atoms with van der Waals surface area (Å²) in [5, 5.41) is 12.4. The fourth-order valence-electron chi connectivity index (χ4n) is 2.33. The molecule has 0 aliphatic heterocycles. The summed E-state index contributed by atoms with van der Waals surface area (Å²) in [5.74, 6) is 0.366. The van der Waals surface area contributed by atoms with E-state index < -0.39 is 0 Å². The van der Waals surface area contributed by atoms with Crippen LogP contribution in [-0.4, -0.2) is 22.1 Å². The summed E-state index contributed by atoms with van der Waals surface area (Å²) in [6, 6.07) is 3.64. The van der Waals surface area contributed by atoms with Gasteiger partial charge in [0.25, 0.3) is 0 Å². The Labute approximate surface area is 106 Å². The van der Waals surface area contributed by atoms with E-state index in [1.165, 1.54) is 0 Å². The molecule has 0 bridgehead atoms. The molecule has 5 nitrogen and oxygen atoms in total. The highest BCUT2D eigenvalue weighted by molar-refractivity contribution is 5.78. The van der Waals surface area contributed by atoms with Crippen LogP contribution in [0.4, 0.5) is 5.82 Å². The molecular formula is C13H19N3O2. The molecule has 2 rings (SSSR count). The topological polar surface area (TPSA) is 88.2 Å². The lowest BCUT2D eigenvalue weighted by molar-refractivity contribution is -0.127. The van der Waals surface area contributed by atoms with Crippen molar-refractivity contribution in [1.82, 2.24) is 10.3 Å². The molecule has 1 saturated carbocycles. The Kier molecular flexibility index (Phi) is 4.15. The maximum atomic E-state index is 11.9. The van der Waals surface area contributed by atoms with Crippen molar-refractivity contribution in [2.45, 2.75) is 38.3 Å². The minimum absolute atomic E-state index is 0.00277. The first kappa shape index (κ1) is 12.8. The molecule has 1 amide bonds. The molecule has 98 valence electrons. The summed E-state index contributed by atoms with van der Waals surface area (Å²) in [7, 11) is 0. The second-order valence-corrected chi connectivity index (χ2v) is 4.78. The van der Waals surface area contributed by atoms with E-state index in [-0.39, 0.29) is 17.9 Å². The molecule has 0 aromatic carbocycles. The van der Waals surface area contributed by atoms with Crippen molar-refractivity contribution in [3.05, 3.63) is 23.9 Å². The number of carbonyl (C=O) groups is 1. The van der Waals surface area contributed by atoms with Crippen molar-refractivity contribution in [3.63, 3.8) is 0 Å². The fraction of sp³-hybridized carbons (Fsp3) is 0.538. The van der Waals surface area contributed by atoms with E-state index in [2.05, 4.69) is 10.3 Å². The smallest absolute Gasteiger partial charge is 0.223 e. The monoisotopic (exact) mass is 249 g/mol. The molecule has 1 aromatic rings. The van der Waals surface area contributed by atoms with E-state index in [9.17, 15) is 9.90 Å². The third-order valence-electron chi connectivity index (χ3n) is 3.40. The van der Waals surface area contributed by atoms with Crippen LogP contribution in [0, 0.1) is 5.92 Å². The number of hydrogen-bond donors (Lipinski definition) is 3. The van der Waals surface area contributed by atoms with Crippen LogP contribution in [-0.2, 0) is 11.3 Å². The first-order chi connectivity index (χ1) is 8.66. The number of nitrogen functional groups attached to an aromatic ring is 1. The van der Waals surface area contributed by atoms with Gasteiger partial charge >= 0.3 is 0 Å². The van der Waals surface area contributed by atoms with E-state index in [1.807, 2.05) is 6.07 Å². The SMILES string of the molecule is Nc1ncccc1CNC(=O)[C@@H]1CCC[C@@H](O)C1. The third-order valence-corrected chi connectivity index (χ3v) is 3.40. The zero-order chi connectivity index (χ0) is 13.0. The van der Waals surface area contributed by atoms with E-state index in [0.717, 1.165) is 24.8 Å². The van der Waals surface area contributed by atoms with Crippen LogP contribution in [0.1, 0.15) is 31.2 Å². The molecule has 0 radical (unpaired) electrons. The quantitative estimate of drug-likeness (QED) is 0.740. The van der Waals surface area contributed by atoms with Crippen molar-refractivity contribution in [3.8, 4) is 0 Å². The minimum Gasteiger partial charge on any atom is -0.393 e. The van der Waals surface area contributed by atoms with Crippen molar-refractivity contribution in [1.29, 1.82) is 0 Å². The molecule has 1 heterocycles. The predicted octanol–water partition coefficient (Wildman–Crippen LogP) is 0.831. The first-order valence-electron chi connectivity index (χ1n) is 6.32. The lowest BCUT2D eigenvalue weighted by Crippen LogP contribution is -2.34. The van der Waals surface area contributed by atoms with Crippen LogP contribution in [0.2, 0.25) is 0 Å². The van der Waals surface area contributed by atoms with Gasteiger partial charge in [-0.2, -0.15) is 0 Å². The van der Waals surface area contributed by atoms with Crippen molar-refractivity contribution >= 4 is 11.7 Å². The summed E-state index contributed by atoms with van der Waals surface area (Å²) >= 11 is 0. The lowest BCUT2D eigenvalue weighted by atomic mass is 9.86. The van der Waals surface area contributed by atoms with Crippen LogP contribution in [0.3, 0.4) is 0 Å². The zero-order valence-electron chi connectivity index (χ0n) is 10.3. The summed E-state index contributed by atoms with van der Waals surface area (Å²) < 4.78 is 0. The largest absolute Gasteiger partial charge is 0.393 e. The number of carbonyl (C=O) groups excluding carboxylic acids is 1. The molecule has 18 heavy (non-hydrogen) atoms. The molecule has 4 N–H and O–H groups in total. The number of nitrogens with one attached hydrogen (secondary N) is 1. The van der Waals surface area contributed by atoms with Crippen LogP contribution in [0.5, 0.6) is 0 Å². The molecule has 0 saturated heterocycles. The van der Waals surface area contributed by atoms with Gasteiger partial charge in [-0.15, -0.1) is 0 Å². The van der Waals surface area contributed by atoms with E-state index >= 15 is 0 Å². The van der Waals surface area contributed by atoms with Gasteiger partial charge in [-0.1, -0.05) is 12.5 Å². The van der Waals surface area contributed by atoms with Crippen LogP contribution < -0.4 is 11.1 Å². The standard InChI is InChI=1S/C13H19N3O2/c14-12-10(4-2-6-15-12)8-16-13(18)9-3-1-5-11(17)7-9/h2,4,6,9,11,17H,1,3,5,7-8H2,(H2,14,15)(H,16,18)/t9-,11-/m1/s1. The Balaban J connectivity index is 1.86. The fourth-order valence-corrected chi connectivity index (χ4v) is 2.33. The van der Waals surface area contributed by atoms with E-state index in [0.29, 0.717) is 18.8 Å². The normalized spacial score (nSPS) is 23.6. The number of nitrogens with zero attached hydrogens (tertiary/aromatic N) is 1. The van der Waals surface area contributed by atoms with Gasteiger partial charge in [0.05, 0.1) is 6.10 Å². The number of nitrogens with two attached hydrogens (primary N) is 1. The van der Waals surface area contributed by atoms with Gasteiger partial charge in [-0.3, -0.25) is 4.79 Å². The van der Waals surface area contributed by atoms with Gasteiger partial charge in [-0.05, 0) is 25.3 Å². The number of hydrogen-bond acceptors (Lipinski definition) is 4. The van der Waals surface area contributed by atoms with Gasteiger partial charge in [0, 0.05) is 24.2 Å². The van der Waals surface area contributed by atoms with Crippen LogP contribution >= 0.6 is 0 Å². The molecule has 5 heteroatoms. The molecule has 1 aromatic heterocycles. The Hall–Kier alpha value is -1.62. The molecule has 2 atom stereocenters. The highest BCUT2D eigenvalue weighted by Crippen LogP contribution is 2.24. The second kappa shape index (κ2) is 5.82. The number of aliphatic hydroxyl groups is 1. The molecular weight excluding hydrogens is 230 g/mol. The number of anilines is 1. The van der Waals surface area contributed by atoms with Gasteiger partial charge in [0.1, 0.15) is 5.82 Å². The highest BCUT2D eigenvalue weighted by atomic mass is 16.3. The maximum Gasteiger partial charge on any atom is 0.223 e. The predicted molar refractivity (Wildman–Crippen MR) is 68.5 cm³/mol. The van der Waals surface area contributed by atoms with Crippen molar-refractivity contribution < 1.29 is 9.90 Å². The summed E-state index contributed by atoms with van der Waals surface area (Å²) in [5.41, 5.74) is 6.53. The molecule has 0 unspecified atom stereocenters. The number of rotatable bonds is 3. The Morgan fingerprint density at radius 3 is 3.11 bits per heavy atom. The third kappa shape index (κ3) is 3.20. The minimum atomic E-state index is -0.335. The van der Waals surface area contributed by atoms with E-state index in [1.54, 1.807) is 12.3 Å². The first-order valence-corrected chi connectivity index (χ1v) is 6.32. The average Bonchev–Trinajstić information content (AvgIpc) is 2.37. The van der Waals surface area contributed by atoms with Crippen molar-refractivity contribution in [2.75, 3.05) is 5.73 Å². The van der Waals surface area contributed by atoms with Gasteiger partial charge in [0.15, 0.2) is 0 Å². The lowest BCUT2D eigenvalue weighted by Gasteiger charge is -2.24. The zero-order valence-corrected chi connectivity index (χ0v) is 10.3. The van der Waals surface area contributed by atoms with E-state index in [4.69, 9.17) is 5.73 Å². The number of aromatic nitrogens is 1. The average molecular weight is 249 g/mol. The molecule has 0 spiro atoms. The Morgan fingerprint density at radius 2 is 2.39 bits per heavy atom. The summed E-state index contributed by atoms with van der Waals surface area (Å²) in [6.07, 6.45) is 4.42.